The molecule has 0 saturated carbocycles. The van der Waals surface area contributed by atoms with E-state index in [0.29, 0.717) is 23.1 Å². The number of rotatable bonds is 6. The molecule has 6 aromatic rings. The Bertz CT molecular complexity index is 1540. The number of hydrogen-bond acceptors (Lipinski definition) is 5. The molecule has 7 heteroatoms. The van der Waals surface area contributed by atoms with Crippen LogP contribution >= 0.6 is 0 Å². The van der Waals surface area contributed by atoms with E-state index in [1.165, 1.54) is 10.8 Å². The van der Waals surface area contributed by atoms with Crippen molar-refractivity contribution in [3.63, 3.8) is 0 Å². The van der Waals surface area contributed by atoms with Gasteiger partial charge in [0.15, 0.2) is 11.5 Å². The SMILES string of the molecule is COc1cc(C(c2cc3ccccc3[nH]2)c2cc3ccccc3[nH]2)ccc1Oc1nc(C)nc(C)n1. The molecule has 36 heavy (non-hydrogen) atoms. The van der Waals surface area contributed by atoms with Crippen LogP contribution in [-0.4, -0.2) is 32.0 Å². The van der Waals surface area contributed by atoms with Crippen LogP contribution in [0.2, 0.25) is 0 Å². The summed E-state index contributed by atoms with van der Waals surface area (Å²) in [4.78, 5) is 20.1. The fraction of sp³-hybridized carbons (Fsp3) is 0.138. The fourth-order valence-corrected chi connectivity index (χ4v) is 4.71. The largest absolute Gasteiger partial charge is 0.493 e. The van der Waals surface area contributed by atoms with E-state index in [9.17, 15) is 0 Å². The van der Waals surface area contributed by atoms with Crippen molar-refractivity contribution in [1.82, 2.24) is 24.9 Å². The number of para-hydroxylation sites is 2. The van der Waals surface area contributed by atoms with Crippen molar-refractivity contribution < 1.29 is 9.47 Å². The van der Waals surface area contributed by atoms with Gasteiger partial charge < -0.3 is 19.4 Å². The van der Waals surface area contributed by atoms with Gasteiger partial charge in [-0.1, -0.05) is 42.5 Å². The predicted octanol–water partition coefficient (Wildman–Crippen LogP) is 6.43. The van der Waals surface area contributed by atoms with Gasteiger partial charge >= 0.3 is 6.01 Å². The van der Waals surface area contributed by atoms with Crippen molar-refractivity contribution in [3.05, 3.63) is 107 Å². The van der Waals surface area contributed by atoms with Gasteiger partial charge in [-0.25, -0.2) is 4.98 Å². The number of nitrogens with zero attached hydrogens (tertiary/aromatic N) is 3. The van der Waals surface area contributed by atoms with Gasteiger partial charge in [0.25, 0.3) is 0 Å². The van der Waals surface area contributed by atoms with Crippen LogP contribution in [0.3, 0.4) is 0 Å². The van der Waals surface area contributed by atoms with E-state index in [-0.39, 0.29) is 11.9 Å². The van der Waals surface area contributed by atoms with Crippen LogP contribution in [0.1, 0.15) is 34.5 Å². The summed E-state index contributed by atoms with van der Waals surface area (Å²) in [6, 6.07) is 27.2. The maximum atomic E-state index is 6.00. The molecule has 2 N–H and O–H groups in total. The topological polar surface area (TPSA) is 88.7 Å². The van der Waals surface area contributed by atoms with E-state index in [1.54, 1.807) is 7.11 Å². The molecule has 0 spiro atoms. The monoisotopic (exact) mass is 475 g/mol. The lowest BCUT2D eigenvalue weighted by Crippen LogP contribution is -2.05. The first kappa shape index (κ1) is 21.9. The van der Waals surface area contributed by atoms with Crippen molar-refractivity contribution in [3.8, 4) is 17.5 Å². The number of aryl methyl sites for hydroxylation is 2. The van der Waals surface area contributed by atoms with Crippen molar-refractivity contribution in [2.75, 3.05) is 7.11 Å². The van der Waals surface area contributed by atoms with Gasteiger partial charge in [-0.3, -0.25) is 0 Å². The second kappa shape index (κ2) is 8.85. The average molecular weight is 476 g/mol. The molecule has 0 unspecified atom stereocenters. The fourth-order valence-electron chi connectivity index (χ4n) is 4.71. The number of hydrogen-bond donors (Lipinski definition) is 2. The number of nitrogens with one attached hydrogen (secondary N) is 2. The molecular formula is C29H25N5O2. The molecule has 3 heterocycles. The van der Waals surface area contributed by atoms with Gasteiger partial charge in [0.1, 0.15) is 11.6 Å². The molecule has 0 amide bonds. The third-order valence-corrected chi connectivity index (χ3v) is 6.28. The number of aromatic amines is 2. The Morgan fingerprint density at radius 1 is 0.667 bits per heavy atom. The van der Waals surface area contributed by atoms with Gasteiger partial charge in [-0.15, -0.1) is 0 Å². The van der Waals surface area contributed by atoms with Crippen molar-refractivity contribution >= 4 is 21.8 Å². The standard InChI is InChI=1S/C29H25N5O2/c1-17-30-18(2)32-29(31-17)36-26-13-12-21(16-27(26)35-3)28(24-14-19-8-4-6-10-22(19)33-24)25-15-20-9-5-7-11-23(20)34-25/h4-16,28,33-34H,1-3H3. The van der Waals surface area contributed by atoms with E-state index in [1.807, 2.05) is 38.1 Å². The number of benzene rings is 3. The molecule has 0 aliphatic rings. The molecule has 3 aromatic carbocycles. The highest BCUT2D eigenvalue weighted by Gasteiger charge is 2.23. The lowest BCUT2D eigenvalue weighted by Gasteiger charge is -2.18. The summed E-state index contributed by atoms with van der Waals surface area (Å²) in [5, 5.41) is 2.34. The van der Waals surface area contributed by atoms with Crippen molar-refractivity contribution in [2.24, 2.45) is 0 Å². The molecule has 0 saturated heterocycles. The lowest BCUT2D eigenvalue weighted by molar-refractivity contribution is 0.365. The minimum Gasteiger partial charge on any atom is -0.493 e. The van der Waals surface area contributed by atoms with Gasteiger partial charge in [0, 0.05) is 22.4 Å². The second-order valence-electron chi connectivity index (χ2n) is 8.78. The van der Waals surface area contributed by atoms with E-state index in [2.05, 4.69) is 79.5 Å². The third kappa shape index (κ3) is 4.05. The summed E-state index contributed by atoms with van der Waals surface area (Å²) >= 11 is 0. The molecule has 0 atom stereocenters. The van der Waals surface area contributed by atoms with E-state index >= 15 is 0 Å². The minimum atomic E-state index is -0.0746. The zero-order valence-electron chi connectivity index (χ0n) is 20.2. The lowest BCUT2D eigenvalue weighted by atomic mass is 9.92. The zero-order valence-corrected chi connectivity index (χ0v) is 20.2. The highest BCUT2D eigenvalue weighted by molar-refractivity contribution is 5.83. The van der Waals surface area contributed by atoms with Crippen LogP contribution in [-0.2, 0) is 0 Å². The smallest absolute Gasteiger partial charge is 0.325 e. The van der Waals surface area contributed by atoms with Gasteiger partial charge in [-0.2, -0.15) is 9.97 Å². The van der Waals surface area contributed by atoms with Crippen molar-refractivity contribution in [2.45, 2.75) is 19.8 Å². The molecule has 0 aliphatic heterocycles. The number of ether oxygens (including phenoxy) is 2. The van der Waals surface area contributed by atoms with Gasteiger partial charge in [0.2, 0.25) is 0 Å². The molecule has 0 bridgehead atoms. The van der Waals surface area contributed by atoms with Crippen molar-refractivity contribution in [1.29, 1.82) is 0 Å². The number of aromatic nitrogens is 5. The Kier molecular flexibility index (Phi) is 5.37. The quantitative estimate of drug-likeness (QED) is 0.290. The highest BCUT2D eigenvalue weighted by Crippen LogP contribution is 2.39. The summed E-state index contributed by atoms with van der Waals surface area (Å²) < 4.78 is 11.7. The van der Waals surface area contributed by atoms with Crippen LogP contribution in [0.5, 0.6) is 17.5 Å². The molecule has 7 nitrogen and oxygen atoms in total. The van der Waals surface area contributed by atoms with Crippen LogP contribution in [0, 0.1) is 13.8 Å². The molecule has 3 aromatic heterocycles. The Labute approximate surface area is 208 Å². The Morgan fingerprint density at radius 2 is 1.25 bits per heavy atom. The normalized spacial score (nSPS) is 11.4. The summed E-state index contributed by atoms with van der Waals surface area (Å²) in [6.45, 7) is 3.63. The predicted molar refractivity (Wildman–Crippen MR) is 140 cm³/mol. The minimum absolute atomic E-state index is 0.0746. The zero-order chi connectivity index (χ0) is 24.6. The Morgan fingerprint density at radius 3 is 1.81 bits per heavy atom. The number of fused-ring (bicyclic) bond motifs is 2. The maximum absolute atomic E-state index is 6.00. The molecule has 0 radical (unpaired) electrons. The van der Waals surface area contributed by atoms with Crippen LogP contribution in [0.25, 0.3) is 21.8 Å². The second-order valence-corrected chi connectivity index (χ2v) is 8.78. The van der Waals surface area contributed by atoms with Crippen LogP contribution in [0.4, 0.5) is 0 Å². The van der Waals surface area contributed by atoms with Crippen LogP contribution in [0.15, 0.2) is 78.9 Å². The highest BCUT2D eigenvalue weighted by atomic mass is 16.5. The van der Waals surface area contributed by atoms with Gasteiger partial charge in [0.05, 0.1) is 13.0 Å². The summed E-state index contributed by atoms with van der Waals surface area (Å²) in [5.41, 5.74) is 5.42. The average Bonchev–Trinajstić information content (AvgIpc) is 3.48. The summed E-state index contributed by atoms with van der Waals surface area (Å²) in [7, 11) is 1.64. The maximum Gasteiger partial charge on any atom is 0.325 e. The molecule has 0 fully saturated rings. The Balaban J connectivity index is 1.46. The number of H-pyrrole nitrogens is 2. The molecule has 0 aliphatic carbocycles. The summed E-state index contributed by atoms with van der Waals surface area (Å²) in [6.07, 6.45) is 0. The van der Waals surface area contributed by atoms with E-state index in [0.717, 1.165) is 28.0 Å². The molecular weight excluding hydrogens is 450 g/mol. The Hall–Kier alpha value is -4.65. The number of methoxy groups -OCH3 is 1. The van der Waals surface area contributed by atoms with E-state index < -0.39 is 0 Å². The van der Waals surface area contributed by atoms with Crippen LogP contribution < -0.4 is 9.47 Å². The van der Waals surface area contributed by atoms with Gasteiger partial charge in [-0.05, 0) is 66.6 Å². The first-order valence-electron chi connectivity index (χ1n) is 11.8. The first-order valence-corrected chi connectivity index (χ1v) is 11.8. The van der Waals surface area contributed by atoms with E-state index in [4.69, 9.17) is 9.47 Å². The first-order chi connectivity index (χ1) is 17.6. The molecule has 6 rings (SSSR count). The molecule has 178 valence electrons. The third-order valence-electron chi connectivity index (χ3n) is 6.28. The summed E-state index contributed by atoms with van der Waals surface area (Å²) in [5.74, 6) is 2.27.